The van der Waals surface area contributed by atoms with Gasteiger partial charge >= 0.3 is 0 Å². The van der Waals surface area contributed by atoms with Gasteiger partial charge in [0.1, 0.15) is 28.2 Å². The minimum atomic E-state index is -0.0629. The molecular weight excluding hydrogens is 230 g/mol. The van der Waals surface area contributed by atoms with E-state index in [2.05, 4.69) is 10.2 Å². The zero-order valence-corrected chi connectivity index (χ0v) is 9.70. The molecule has 3 aromatic rings. The van der Waals surface area contributed by atoms with Gasteiger partial charge in [0.2, 0.25) is 0 Å². The van der Waals surface area contributed by atoms with E-state index in [1.165, 1.54) is 16.9 Å². The van der Waals surface area contributed by atoms with Crippen molar-refractivity contribution in [3.05, 3.63) is 42.0 Å². The van der Waals surface area contributed by atoms with Crippen LogP contribution in [0, 0.1) is 6.92 Å². The molecule has 0 fully saturated rings. The SMILES string of the molecule is Cc1ccc2nn(-c3ccc(O)cc3O)nc2c1. The van der Waals surface area contributed by atoms with Crippen molar-refractivity contribution in [3.8, 4) is 17.2 Å². The first-order chi connectivity index (χ1) is 8.63. The highest BCUT2D eigenvalue weighted by molar-refractivity contribution is 5.74. The van der Waals surface area contributed by atoms with Crippen molar-refractivity contribution in [1.29, 1.82) is 0 Å². The van der Waals surface area contributed by atoms with Gasteiger partial charge in [-0.3, -0.25) is 0 Å². The molecule has 0 saturated carbocycles. The summed E-state index contributed by atoms with van der Waals surface area (Å²) in [5.74, 6) is -0.0594. The van der Waals surface area contributed by atoms with Crippen LogP contribution in [0.15, 0.2) is 36.4 Å². The maximum absolute atomic E-state index is 9.76. The molecule has 2 N–H and O–H groups in total. The second-order valence-electron chi connectivity index (χ2n) is 4.15. The maximum Gasteiger partial charge on any atom is 0.146 e. The van der Waals surface area contributed by atoms with Crippen molar-refractivity contribution in [2.24, 2.45) is 0 Å². The number of fused-ring (bicyclic) bond motifs is 1. The van der Waals surface area contributed by atoms with Crippen molar-refractivity contribution in [3.63, 3.8) is 0 Å². The fourth-order valence-electron chi connectivity index (χ4n) is 1.81. The second kappa shape index (κ2) is 3.73. The summed E-state index contributed by atoms with van der Waals surface area (Å²) >= 11 is 0. The molecular formula is C13H11N3O2. The number of phenols is 2. The minimum Gasteiger partial charge on any atom is -0.508 e. The van der Waals surface area contributed by atoms with Gasteiger partial charge in [0.05, 0.1) is 0 Å². The highest BCUT2D eigenvalue weighted by atomic mass is 16.3. The Hall–Kier alpha value is -2.56. The lowest BCUT2D eigenvalue weighted by Crippen LogP contribution is -1.98. The molecule has 0 saturated heterocycles. The normalized spacial score (nSPS) is 10.9. The van der Waals surface area contributed by atoms with Crippen LogP contribution in [0.4, 0.5) is 0 Å². The Kier molecular flexibility index (Phi) is 2.19. The largest absolute Gasteiger partial charge is 0.508 e. The summed E-state index contributed by atoms with van der Waals surface area (Å²) < 4.78 is 0. The summed E-state index contributed by atoms with van der Waals surface area (Å²) in [5, 5.41) is 27.6. The van der Waals surface area contributed by atoms with Crippen LogP contribution in [0.3, 0.4) is 0 Å². The van der Waals surface area contributed by atoms with E-state index in [1.54, 1.807) is 6.07 Å². The summed E-state index contributed by atoms with van der Waals surface area (Å²) in [6.07, 6.45) is 0. The van der Waals surface area contributed by atoms with Crippen LogP contribution in [0.5, 0.6) is 11.5 Å². The molecule has 0 aliphatic heterocycles. The number of nitrogens with zero attached hydrogens (tertiary/aromatic N) is 3. The Morgan fingerprint density at radius 2 is 1.72 bits per heavy atom. The van der Waals surface area contributed by atoms with E-state index >= 15 is 0 Å². The monoisotopic (exact) mass is 241 g/mol. The molecule has 2 aromatic carbocycles. The summed E-state index contributed by atoms with van der Waals surface area (Å²) in [5.41, 5.74) is 3.06. The summed E-state index contributed by atoms with van der Waals surface area (Å²) in [4.78, 5) is 1.36. The van der Waals surface area contributed by atoms with Crippen molar-refractivity contribution in [1.82, 2.24) is 15.0 Å². The first-order valence-electron chi connectivity index (χ1n) is 5.49. The molecule has 18 heavy (non-hydrogen) atoms. The number of hydrogen-bond acceptors (Lipinski definition) is 4. The van der Waals surface area contributed by atoms with Gasteiger partial charge in [-0.25, -0.2) is 0 Å². The Morgan fingerprint density at radius 1 is 0.944 bits per heavy atom. The molecule has 1 aromatic heterocycles. The van der Waals surface area contributed by atoms with Crippen molar-refractivity contribution in [2.75, 3.05) is 0 Å². The van der Waals surface area contributed by atoms with Crippen LogP contribution in [-0.4, -0.2) is 25.2 Å². The van der Waals surface area contributed by atoms with Gasteiger partial charge in [-0.15, -0.1) is 15.0 Å². The molecule has 0 radical (unpaired) electrons. The molecule has 90 valence electrons. The lowest BCUT2D eigenvalue weighted by molar-refractivity contribution is 0.446. The first-order valence-corrected chi connectivity index (χ1v) is 5.49. The van der Waals surface area contributed by atoms with Crippen molar-refractivity contribution >= 4 is 11.0 Å². The molecule has 1 heterocycles. The maximum atomic E-state index is 9.76. The molecule has 3 rings (SSSR count). The Balaban J connectivity index is 2.19. The van der Waals surface area contributed by atoms with E-state index in [0.29, 0.717) is 5.69 Å². The van der Waals surface area contributed by atoms with Gasteiger partial charge in [0.15, 0.2) is 0 Å². The van der Waals surface area contributed by atoms with E-state index in [4.69, 9.17) is 0 Å². The molecule has 0 aliphatic rings. The van der Waals surface area contributed by atoms with Gasteiger partial charge in [0.25, 0.3) is 0 Å². The third kappa shape index (κ3) is 1.66. The Morgan fingerprint density at radius 3 is 2.50 bits per heavy atom. The average molecular weight is 241 g/mol. The summed E-state index contributed by atoms with van der Waals surface area (Å²) in [7, 11) is 0. The van der Waals surface area contributed by atoms with Crippen LogP contribution < -0.4 is 0 Å². The topological polar surface area (TPSA) is 71.2 Å². The third-order valence-corrected chi connectivity index (χ3v) is 2.71. The van der Waals surface area contributed by atoms with Crippen molar-refractivity contribution in [2.45, 2.75) is 6.92 Å². The Bertz CT molecular complexity index is 734. The lowest BCUT2D eigenvalue weighted by atomic mass is 10.2. The van der Waals surface area contributed by atoms with Crippen molar-refractivity contribution < 1.29 is 10.2 Å². The predicted molar refractivity (Wildman–Crippen MR) is 66.9 cm³/mol. The number of aryl methyl sites for hydroxylation is 1. The Labute approximate surface area is 103 Å². The summed E-state index contributed by atoms with van der Waals surface area (Å²) in [6, 6.07) is 10.1. The number of phenolic OH excluding ortho intramolecular Hbond substituents is 2. The highest BCUT2D eigenvalue weighted by Gasteiger charge is 2.09. The summed E-state index contributed by atoms with van der Waals surface area (Å²) in [6.45, 7) is 1.98. The standard InChI is InChI=1S/C13H11N3O2/c1-8-2-4-10-11(6-8)15-16(14-10)12-5-3-9(17)7-13(12)18/h2-7,17-18H,1H3. The quantitative estimate of drug-likeness (QED) is 0.684. The molecule has 0 bridgehead atoms. The zero-order chi connectivity index (χ0) is 12.7. The second-order valence-corrected chi connectivity index (χ2v) is 4.15. The molecule has 0 unspecified atom stereocenters. The fourth-order valence-corrected chi connectivity index (χ4v) is 1.81. The van der Waals surface area contributed by atoms with Gasteiger partial charge in [0, 0.05) is 6.07 Å². The molecule has 0 amide bonds. The number of benzene rings is 2. The van der Waals surface area contributed by atoms with E-state index in [-0.39, 0.29) is 11.5 Å². The van der Waals surface area contributed by atoms with Gasteiger partial charge < -0.3 is 10.2 Å². The highest BCUT2D eigenvalue weighted by Crippen LogP contribution is 2.25. The van der Waals surface area contributed by atoms with Gasteiger partial charge in [-0.2, -0.15) is 0 Å². The molecule has 0 aliphatic carbocycles. The number of aromatic hydroxyl groups is 2. The molecule has 5 nitrogen and oxygen atoms in total. The van der Waals surface area contributed by atoms with E-state index in [1.807, 2.05) is 25.1 Å². The zero-order valence-electron chi connectivity index (χ0n) is 9.70. The molecule has 0 atom stereocenters. The number of rotatable bonds is 1. The van der Waals surface area contributed by atoms with Crippen LogP contribution in [-0.2, 0) is 0 Å². The third-order valence-electron chi connectivity index (χ3n) is 2.71. The average Bonchev–Trinajstić information content (AvgIpc) is 2.71. The van der Waals surface area contributed by atoms with E-state index < -0.39 is 0 Å². The lowest BCUT2D eigenvalue weighted by Gasteiger charge is -2.02. The fraction of sp³-hybridized carbons (Fsp3) is 0.0769. The van der Waals surface area contributed by atoms with Gasteiger partial charge in [-0.1, -0.05) is 6.07 Å². The van der Waals surface area contributed by atoms with E-state index in [9.17, 15) is 10.2 Å². The van der Waals surface area contributed by atoms with Gasteiger partial charge in [-0.05, 0) is 36.8 Å². The minimum absolute atomic E-state index is 0.00352. The number of hydrogen-bond donors (Lipinski definition) is 2. The van der Waals surface area contributed by atoms with Crippen LogP contribution in [0.1, 0.15) is 5.56 Å². The predicted octanol–water partition coefficient (Wildman–Crippen LogP) is 2.14. The molecule has 5 heteroatoms. The van der Waals surface area contributed by atoms with Crippen LogP contribution in [0.2, 0.25) is 0 Å². The van der Waals surface area contributed by atoms with E-state index in [0.717, 1.165) is 16.6 Å². The number of aromatic nitrogens is 3. The first kappa shape index (κ1) is 10.6. The smallest absolute Gasteiger partial charge is 0.146 e. The molecule has 0 spiro atoms. The van der Waals surface area contributed by atoms with Crippen LogP contribution >= 0.6 is 0 Å². The van der Waals surface area contributed by atoms with Crippen LogP contribution in [0.25, 0.3) is 16.7 Å².